The largest absolute Gasteiger partial charge is 0.492 e. The van der Waals surface area contributed by atoms with Crippen molar-refractivity contribution < 1.29 is 9.53 Å². The summed E-state index contributed by atoms with van der Waals surface area (Å²) in [6, 6.07) is 7.77. The average molecular weight is 294 g/mol. The number of carbonyl (C=O) groups excluding carboxylic acids is 1. The molecule has 1 saturated carbocycles. The van der Waals surface area contributed by atoms with Crippen molar-refractivity contribution in [3.05, 3.63) is 29.8 Å². The van der Waals surface area contributed by atoms with E-state index in [2.05, 4.69) is 5.32 Å². The van der Waals surface area contributed by atoms with Gasteiger partial charge in [-0.15, -0.1) is 11.6 Å². The normalized spacial score (nSPS) is 23.1. The fraction of sp³-hybridized carbons (Fsp3) is 0.562. The fourth-order valence-corrected chi connectivity index (χ4v) is 3.62. The van der Waals surface area contributed by atoms with Crippen molar-refractivity contribution >= 4 is 17.5 Å². The van der Waals surface area contributed by atoms with Crippen LogP contribution in [-0.4, -0.2) is 24.9 Å². The molecular formula is C16H20ClNO2. The molecule has 20 heavy (non-hydrogen) atoms. The van der Waals surface area contributed by atoms with E-state index < -0.39 is 0 Å². The van der Waals surface area contributed by atoms with Gasteiger partial charge < -0.3 is 10.1 Å². The summed E-state index contributed by atoms with van der Waals surface area (Å²) in [5, 5.41) is 3.10. The van der Waals surface area contributed by atoms with Gasteiger partial charge in [0.15, 0.2) is 0 Å². The molecule has 1 aromatic rings. The Balaban J connectivity index is 1.63. The summed E-state index contributed by atoms with van der Waals surface area (Å²) in [5.41, 5.74) is 1.10. The van der Waals surface area contributed by atoms with Crippen molar-refractivity contribution in [2.24, 2.45) is 5.41 Å². The minimum absolute atomic E-state index is 0.0614. The smallest absolute Gasteiger partial charge is 0.231 e. The highest BCUT2D eigenvalue weighted by atomic mass is 35.5. The van der Waals surface area contributed by atoms with Crippen LogP contribution in [0.1, 0.15) is 37.2 Å². The lowest BCUT2D eigenvalue weighted by Crippen LogP contribution is -2.39. The number of halogens is 1. The Morgan fingerprint density at radius 3 is 2.85 bits per heavy atom. The summed E-state index contributed by atoms with van der Waals surface area (Å²) >= 11 is 6.11. The Labute approximate surface area is 124 Å². The summed E-state index contributed by atoms with van der Waals surface area (Å²) in [7, 11) is 0. The lowest BCUT2D eigenvalue weighted by Gasteiger charge is -2.27. The molecule has 1 fully saturated rings. The van der Waals surface area contributed by atoms with Gasteiger partial charge in [0.05, 0.1) is 0 Å². The third-order valence-corrected chi connectivity index (χ3v) is 5.17. The molecule has 0 aromatic heterocycles. The van der Waals surface area contributed by atoms with Crippen molar-refractivity contribution in [3.8, 4) is 5.75 Å². The molecule has 0 radical (unpaired) electrons. The summed E-state index contributed by atoms with van der Waals surface area (Å²) in [5.74, 6) is 1.34. The molecule has 0 bridgehead atoms. The van der Waals surface area contributed by atoms with E-state index >= 15 is 0 Å². The van der Waals surface area contributed by atoms with E-state index in [1.807, 2.05) is 24.3 Å². The van der Waals surface area contributed by atoms with Gasteiger partial charge in [-0.05, 0) is 18.9 Å². The topological polar surface area (TPSA) is 38.3 Å². The van der Waals surface area contributed by atoms with Crippen LogP contribution in [0.5, 0.6) is 5.75 Å². The molecule has 1 aliphatic carbocycles. The van der Waals surface area contributed by atoms with Crippen molar-refractivity contribution in [3.63, 3.8) is 0 Å². The summed E-state index contributed by atoms with van der Waals surface area (Å²) in [4.78, 5) is 12.4. The van der Waals surface area contributed by atoms with Gasteiger partial charge in [0.2, 0.25) is 5.91 Å². The zero-order valence-electron chi connectivity index (χ0n) is 11.5. The number of hydrogen-bond donors (Lipinski definition) is 1. The van der Waals surface area contributed by atoms with Crippen LogP contribution in [0, 0.1) is 5.41 Å². The van der Waals surface area contributed by atoms with Crippen LogP contribution < -0.4 is 10.1 Å². The number of alkyl halides is 1. The molecular weight excluding hydrogens is 274 g/mol. The van der Waals surface area contributed by atoms with Crippen LogP contribution in [0.25, 0.3) is 0 Å². The second-order valence-corrected chi connectivity index (χ2v) is 6.23. The average Bonchev–Trinajstić information content (AvgIpc) is 3.12. The van der Waals surface area contributed by atoms with E-state index in [0.29, 0.717) is 19.0 Å². The van der Waals surface area contributed by atoms with E-state index in [1.54, 1.807) is 0 Å². The molecule has 1 atom stereocenters. The zero-order chi connectivity index (χ0) is 14.0. The molecule has 1 aromatic carbocycles. The number of fused-ring (bicyclic) bond motifs is 1. The van der Waals surface area contributed by atoms with Gasteiger partial charge in [0.25, 0.3) is 0 Å². The number of hydrogen-bond acceptors (Lipinski definition) is 2. The molecule has 1 aliphatic heterocycles. The Bertz CT molecular complexity index is 497. The Morgan fingerprint density at radius 1 is 1.35 bits per heavy atom. The SMILES string of the molecule is O=C(NCC1(CCl)CCCC1)C1COc2ccccc21. The van der Waals surface area contributed by atoms with Crippen LogP contribution >= 0.6 is 11.6 Å². The number of benzene rings is 1. The molecule has 1 amide bonds. The second kappa shape index (κ2) is 5.65. The third kappa shape index (κ3) is 2.51. The van der Waals surface area contributed by atoms with E-state index in [9.17, 15) is 4.79 Å². The predicted octanol–water partition coefficient (Wildman–Crippen LogP) is 3.08. The molecule has 3 rings (SSSR count). The lowest BCUT2D eigenvalue weighted by molar-refractivity contribution is -0.123. The van der Waals surface area contributed by atoms with Gasteiger partial charge in [-0.3, -0.25) is 4.79 Å². The summed E-state index contributed by atoms with van der Waals surface area (Å²) in [6.07, 6.45) is 4.68. The van der Waals surface area contributed by atoms with Crippen molar-refractivity contribution in [2.45, 2.75) is 31.6 Å². The highest BCUT2D eigenvalue weighted by Gasteiger charge is 2.35. The number of ether oxygens (including phenoxy) is 1. The maximum Gasteiger partial charge on any atom is 0.231 e. The molecule has 1 heterocycles. The molecule has 1 N–H and O–H groups in total. The first kappa shape index (κ1) is 13.7. The summed E-state index contributed by atoms with van der Waals surface area (Å²) in [6.45, 7) is 1.13. The van der Waals surface area contributed by atoms with Crippen molar-refractivity contribution in [1.29, 1.82) is 0 Å². The standard InChI is InChI=1S/C16H20ClNO2/c17-10-16(7-3-4-8-16)11-18-15(19)13-9-20-14-6-2-1-5-12(13)14/h1-2,5-6,13H,3-4,7-11H2,(H,18,19). The number of rotatable bonds is 4. The van der Waals surface area contributed by atoms with Crippen LogP contribution in [0.15, 0.2) is 24.3 Å². The minimum atomic E-state index is -0.181. The molecule has 0 saturated heterocycles. The van der Waals surface area contributed by atoms with Crippen molar-refractivity contribution in [2.75, 3.05) is 19.0 Å². The van der Waals surface area contributed by atoms with Gasteiger partial charge in [0.1, 0.15) is 18.3 Å². The van der Waals surface area contributed by atoms with E-state index in [-0.39, 0.29) is 17.2 Å². The van der Waals surface area contributed by atoms with Crippen molar-refractivity contribution in [1.82, 2.24) is 5.32 Å². The zero-order valence-corrected chi connectivity index (χ0v) is 12.3. The van der Waals surface area contributed by atoms with Gasteiger partial charge >= 0.3 is 0 Å². The molecule has 0 spiro atoms. The molecule has 1 unspecified atom stereocenters. The molecule has 4 heteroatoms. The van der Waals surface area contributed by atoms with Gasteiger partial charge in [-0.1, -0.05) is 31.0 Å². The number of carbonyl (C=O) groups is 1. The van der Waals surface area contributed by atoms with Gasteiger partial charge in [-0.25, -0.2) is 0 Å². The van der Waals surface area contributed by atoms with Crippen LogP contribution in [0.3, 0.4) is 0 Å². The molecule has 2 aliphatic rings. The number of para-hydroxylation sites is 1. The highest BCUT2D eigenvalue weighted by Crippen LogP contribution is 2.39. The van der Waals surface area contributed by atoms with E-state index in [4.69, 9.17) is 16.3 Å². The maximum atomic E-state index is 12.4. The molecule has 108 valence electrons. The molecule has 3 nitrogen and oxygen atoms in total. The fourth-order valence-electron chi connectivity index (χ4n) is 3.26. The van der Waals surface area contributed by atoms with Crippen LogP contribution in [0.4, 0.5) is 0 Å². The minimum Gasteiger partial charge on any atom is -0.492 e. The Kier molecular flexibility index (Phi) is 3.88. The van der Waals surface area contributed by atoms with E-state index in [1.165, 1.54) is 12.8 Å². The van der Waals surface area contributed by atoms with Crippen LogP contribution in [0.2, 0.25) is 0 Å². The first-order valence-electron chi connectivity index (χ1n) is 7.29. The predicted molar refractivity (Wildman–Crippen MR) is 79.3 cm³/mol. The monoisotopic (exact) mass is 293 g/mol. The quantitative estimate of drug-likeness (QED) is 0.867. The first-order chi connectivity index (χ1) is 9.74. The summed E-state index contributed by atoms with van der Waals surface area (Å²) < 4.78 is 5.57. The Morgan fingerprint density at radius 2 is 2.10 bits per heavy atom. The Hall–Kier alpha value is -1.22. The number of nitrogens with one attached hydrogen (secondary N) is 1. The maximum absolute atomic E-state index is 12.4. The van der Waals surface area contributed by atoms with Gasteiger partial charge in [-0.2, -0.15) is 0 Å². The lowest BCUT2D eigenvalue weighted by atomic mass is 9.88. The number of amides is 1. The first-order valence-corrected chi connectivity index (χ1v) is 7.83. The second-order valence-electron chi connectivity index (χ2n) is 5.96. The van der Waals surface area contributed by atoms with Crippen LogP contribution in [-0.2, 0) is 4.79 Å². The van der Waals surface area contributed by atoms with Gasteiger partial charge in [0, 0.05) is 23.4 Å². The third-order valence-electron chi connectivity index (χ3n) is 4.60. The highest BCUT2D eigenvalue weighted by molar-refractivity contribution is 6.18. The van der Waals surface area contributed by atoms with E-state index in [0.717, 1.165) is 24.2 Å².